The average molecular weight is 480 g/mol. The van der Waals surface area contributed by atoms with Crippen molar-refractivity contribution in [2.45, 2.75) is 24.2 Å². The highest BCUT2D eigenvalue weighted by Gasteiger charge is 2.25. The molecule has 3 aromatic rings. The molecule has 4 rings (SSSR count). The van der Waals surface area contributed by atoms with Crippen molar-refractivity contribution in [3.8, 4) is 0 Å². The minimum Gasteiger partial charge on any atom is -0.339 e. The molecule has 0 radical (unpaired) electrons. The summed E-state index contributed by atoms with van der Waals surface area (Å²) in [5.41, 5.74) is 2.87. The Labute approximate surface area is 175 Å². The maximum Gasteiger partial charge on any atom is 0.263 e. The lowest BCUT2D eigenvalue weighted by Gasteiger charge is -2.27. The van der Waals surface area contributed by atoms with E-state index in [-0.39, 0.29) is 16.5 Å². The van der Waals surface area contributed by atoms with Gasteiger partial charge in [-0.1, -0.05) is 22.0 Å². The van der Waals surface area contributed by atoms with Crippen LogP contribution in [-0.4, -0.2) is 37.3 Å². The molecule has 0 unspecified atom stereocenters. The van der Waals surface area contributed by atoms with Gasteiger partial charge in [0.05, 0.1) is 27.0 Å². The standard InChI is InChI=1S/C19H18BrN3O3S2/c20-13-7-8-14(19(24)23-9-2-1-3-10-23)16(11-13)22-28(25,26)17-6-4-5-15-18(17)27-12-21-15/h4-8,11-12,22H,1-3,9-10H2. The molecule has 146 valence electrons. The molecule has 1 aliphatic heterocycles. The van der Waals surface area contributed by atoms with E-state index in [1.165, 1.54) is 11.3 Å². The van der Waals surface area contributed by atoms with Crippen LogP contribution in [0, 0.1) is 0 Å². The second-order valence-corrected chi connectivity index (χ2v) is 10.0. The molecule has 1 amide bonds. The van der Waals surface area contributed by atoms with Crippen molar-refractivity contribution in [2.75, 3.05) is 17.8 Å². The summed E-state index contributed by atoms with van der Waals surface area (Å²) < 4.78 is 30.1. The highest BCUT2D eigenvalue weighted by molar-refractivity contribution is 9.10. The molecule has 1 aromatic heterocycles. The monoisotopic (exact) mass is 479 g/mol. The van der Waals surface area contributed by atoms with Gasteiger partial charge in [0.1, 0.15) is 4.90 Å². The largest absolute Gasteiger partial charge is 0.339 e. The Hall–Kier alpha value is -1.97. The number of nitrogens with zero attached hydrogens (tertiary/aromatic N) is 2. The van der Waals surface area contributed by atoms with E-state index in [0.717, 1.165) is 19.3 Å². The van der Waals surface area contributed by atoms with Crippen molar-refractivity contribution in [3.05, 3.63) is 51.9 Å². The molecule has 1 saturated heterocycles. The van der Waals surface area contributed by atoms with Crippen LogP contribution in [0.1, 0.15) is 29.6 Å². The van der Waals surface area contributed by atoms with Gasteiger partial charge in [0, 0.05) is 17.6 Å². The Morgan fingerprint density at radius 3 is 2.71 bits per heavy atom. The molecule has 0 aliphatic carbocycles. The summed E-state index contributed by atoms with van der Waals surface area (Å²) in [6.45, 7) is 1.39. The fraction of sp³-hybridized carbons (Fsp3) is 0.263. The van der Waals surface area contributed by atoms with Crippen molar-refractivity contribution >= 4 is 59.1 Å². The first-order valence-electron chi connectivity index (χ1n) is 8.89. The van der Waals surface area contributed by atoms with Crippen LogP contribution in [-0.2, 0) is 10.0 Å². The Morgan fingerprint density at radius 2 is 1.93 bits per heavy atom. The zero-order chi connectivity index (χ0) is 19.7. The van der Waals surface area contributed by atoms with Crippen LogP contribution >= 0.6 is 27.3 Å². The van der Waals surface area contributed by atoms with Crippen molar-refractivity contribution in [3.63, 3.8) is 0 Å². The third kappa shape index (κ3) is 3.78. The molecule has 2 aromatic carbocycles. The van der Waals surface area contributed by atoms with Crippen LogP contribution in [0.3, 0.4) is 0 Å². The molecule has 1 fully saturated rings. The van der Waals surface area contributed by atoms with Gasteiger partial charge in [-0.15, -0.1) is 11.3 Å². The van der Waals surface area contributed by atoms with Crippen molar-refractivity contribution < 1.29 is 13.2 Å². The van der Waals surface area contributed by atoms with Gasteiger partial charge in [0.15, 0.2) is 0 Å². The van der Waals surface area contributed by atoms with Crippen LogP contribution in [0.4, 0.5) is 5.69 Å². The summed E-state index contributed by atoms with van der Waals surface area (Å²) in [5, 5.41) is 0. The summed E-state index contributed by atoms with van der Waals surface area (Å²) in [6.07, 6.45) is 3.05. The van der Waals surface area contributed by atoms with Gasteiger partial charge in [0.25, 0.3) is 15.9 Å². The van der Waals surface area contributed by atoms with Crippen LogP contribution in [0.25, 0.3) is 10.2 Å². The van der Waals surface area contributed by atoms with E-state index in [0.29, 0.717) is 33.3 Å². The molecular formula is C19H18BrN3O3S2. The summed E-state index contributed by atoms with van der Waals surface area (Å²) in [7, 11) is -3.88. The van der Waals surface area contributed by atoms with Crippen LogP contribution in [0.2, 0.25) is 0 Å². The molecule has 1 aliphatic rings. The first kappa shape index (κ1) is 19.4. The number of hydrogen-bond donors (Lipinski definition) is 1. The Bertz CT molecular complexity index is 1140. The number of piperidine rings is 1. The molecule has 1 N–H and O–H groups in total. The van der Waals surface area contributed by atoms with Crippen LogP contribution in [0.15, 0.2) is 51.3 Å². The number of carbonyl (C=O) groups excluding carboxylic acids is 1. The number of carbonyl (C=O) groups is 1. The van der Waals surface area contributed by atoms with E-state index in [1.54, 1.807) is 46.8 Å². The highest BCUT2D eigenvalue weighted by Crippen LogP contribution is 2.30. The lowest BCUT2D eigenvalue weighted by Crippen LogP contribution is -2.36. The smallest absolute Gasteiger partial charge is 0.263 e. The molecule has 0 bridgehead atoms. The SMILES string of the molecule is O=C(c1ccc(Br)cc1NS(=O)(=O)c1cccc2ncsc12)N1CCCCC1. The quantitative estimate of drug-likeness (QED) is 0.597. The number of sulfonamides is 1. The molecule has 9 heteroatoms. The van der Waals surface area contributed by atoms with E-state index in [9.17, 15) is 13.2 Å². The second-order valence-electron chi connectivity index (χ2n) is 6.61. The maximum atomic E-state index is 13.1. The molecule has 28 heavy (non-hydrogen) atoms. The van der Waals surface area contributed by atoms with E-state index < -0.39 is 10.0 Å². The fourth-order valence-corrected chi connectivity index (χ4v) is 6.03. The zero-order valence-electron chi connectivity index (χ0n) is 14.9. The van der Waals surface area contributed by atoms with E-state index in [4.69, 9.17) is 0 Å². The number of halogens is 1. The van der Waals surface area contributed by atoms with Gasteiger partial charge in [-0.25, -0.2) is 13.4 Å². The van der Waals surface area contributed by atoms with E-state index >= 15 is 0 Å². The number of amides is 1. The summed E-state index contributed by atoms with van der Waals surface area (Å²) in [5.74, 6) is -0.152. The number of fused-ring (bicyclic) bond motifs is 1. The van der Waals surface area contributed by atoms with Crippen LogP contribution in [0.5, 0.6) is 0 Å². The number of benzene rings is 2. The number of likely N-dealkylation sites (tertiary alicyclic amines) is 1. The predicted octanol–water partition coefficient (Wildman–Crippen LogP) is 4.49. The molecule has 0 spiro atoms. The van der Waals surface area contributed by atoms with Gasteiger partial charge in [-0.3, -0.25) is 9.52 Å². The van der Waals surface area contributed by atoms with Gasteiger partial charge in [-0.2, -0.15) is 0 Å². The molecule has 2 heterocycles. The van der Waals surface area contributed by atoms with Crippen molar-refractivity contribution in [1.82, 2.24) is 9.88 Å². The first-order chi connectivity index (χ1) is 13.5. The summed E-state index contributed by atoms with van der Waals surface area (Å²) in [6, 6.07) is 10.0. The third-order valence-electron chi connectivity index (χ3n) is 4.71. The number of nitrogens with one attached hydrogen (secondary N) is 1. The van der Waals surface area contributed by atoms with E-state index in [2.05, 4.69) is 25.6 Å². The Kier molecular flexibility index (Phi) is 5.39. The number of anilines is 1. The molecular weight excluding hydrogens is 462 g/mol. The predicted molar refractivity (Wildman–Crippen MR) is 114 cm³/mol. The zero-order valence-corrected chi connectivity index (χ0v) is 18.1. The summed E-state index contributed by atoms with van der Waals surface area (Å²) >= 11 is 4.64. The topological polar surface area (TPSA) is 79.4 Å². The fourth-order valence-electron chi connectivity index (χ4n) is 3.33. The molecule has 0 saturated carbocycles. The molecule has 0 atom stereocenters. The lowest BCUT2D eigenvalue weighted by molar-refractivity contribution is 0.0725. The lowest BCUT2D eigenvalue weighted by atomic mass is 10.1. The van der Waals surface area contributed by atoms with Crippen molar-refractivity contribution in [1.29, 1.82) is 0 Å². The van der Waals surface area contributed by atoms with Gasteiger partial charge in [0.2, 0.25) is 0 Å². The normalized spacial score (nSPS) is 15.0. The van der Waals surface area contributed by atoms with Gasteiger partial charge in [-0.05, 0) is 49.6 Å². The van der Waals surface area contributed by atoms with Crippen LogP contribution < -0.4 is 4.72 Å². The van der Waals surface area contributed by atoms with E-state index in [1.807, 2.05) is 0 Å². The number of thiazole rings is 1. The Morgan fingerprint density at radius 1 is 1.14 bits per heavy atom. The number of aromatic nitrogens is 1. The number of rotatable bonds is 4. The Balaban J connectivity index is 1.72. The third-order valence-corrected chi connectivity index (χ3v) is 7.62. The minimum absolute atomic E-state index is 0.152. The summed E-state index contributed by atoms with van der Waals surface area (Å²) in [4.78, 5) is 19.1. The van der Waals surface area contributed by atoms with Gasteiger partial charge >= 0.3 is 0 Å². The number of hydrogen-bond acceptors (Lipinski definition) is 5. The first-order valence-corrected chi connectivity index (χ1v) is 12.1. The maximum absolute atomic E-state index is 13.1. The average Bonchev–Trinajstić information content (AvgIpc) is 3.16. The molecule has 6 nitrogen and oxygen atoms in total. The van der Waals surface area contributed by atoms with Crippen molar-refractivity contribution in [2.24, 2.45) is 0 Å². The van der Waals surface area contributed by atoms with Gasteiger partial charge < -0.3 is 4.90 Å². The minimum atomic E-state index is -3.88. The highest BCUT2D eigenvalue weighted by atomic mass is 79.9. The second kappa shape index (κ2) is 7.81.